The number of hydrogen-bond acceptors (Lipinski definition) is 6. The molecule has 9 heteroatoms. The van der Waals surface area contributed by atoms with E-state index in [9.17, 15) is 0 Å². The Morgan fingerprint density at radius 3 is 1.30 bits per heavy atom. The lowest BCUT2D eigenvalue weighted by atomic mass is 10.1. The molecule has 2 rings (SSSR count). The second-order valence-electron chi connectivity index (χ2n) is 5.43. The summed E-state index contributed by atoms with van der Waals surface area (Å²) in [4.78, 5) is 0. The van der Waals surface area contributed by atoms with E-state index in [0.29, 0.717) is 34.5 Å². The van der Waals surface area contributed by atoms with Gasteiger partial charge in [-0.25, -0.2) is 0 Å². The van der Waals surface area contributed by atoms with Gasteiger partial charge in [0.15, 0.2) is 23.0 Å². The number of benzene rings is 2. The van der Waals surface area contributed by atoms with Crippen molar-refractivity contribution in [1.82, 2.24) is 0 Å². The van der Waals surface area contributed by atoms with Gasteiger partial charge in [0, 0.05) is 23.3 Å². The van der Waals surface area contributed by atoms with E-state index in [2.05, 4.69) is 45.2 Å². The summed E-state index contributed by atoms with van der Waals surface area (Å²) in [5.74, 6) is 3.77. The van der Waals surface area contributed by atoms with Gasteiger partial charge in [-0.05, 0) is 59.0 Å². The summed E-state index contributed by atoms with van der Waals surface area (Å²) in [7, 11) is 7.67. The van der Waals surface area contributed by atoms with E-state index < -0.39 is 0 Å². The van der Waals surface area contributed by atoms with Crippen molar-refractivity contribution in [2.24, 2.45) is 0 Å². The summed E-state index contributed by atoms with van der Waals surface area (Å²) in [5, 5.41) is 0. The summed E-state index contributed by atoms with van der Waals surface area (Å²) in [6, 6.07) is 3.52. The zero-order valence-electron chi connectivity index (χ0n) is 15.9. The van der Waals surface area contributed by atoms with E-state index in [4.69, 9.17) is 28.3 Å². The Kier molecular flexibility index (Phi) is 8.01. The molecule has 0 atom stereocenters. The summed E-state index contributed by atoms with van der Waals surface area (Å²) >= 11 is 4.40. The Morgan fingerprint density at radius 2 is 1.00 bits per heavy atom. The van der Waals surface area contributed by atoms with Crippen molar-refractivity contribution in [1.29, 1.82) is 0 Å². The quantitative estimate of drug-likeness (QED) is 0.330. The van der Waals surface area contributed by atoms with Crippen LogP contribution in [0.5, 0.6) is 34.5 Å². The van der Waals surface area contributed by atoms with Crippen molar-refractivity contribution in [2.45, 2.75) is 13.8 Å². The van der Waals surface area contributed by atoms with Crippen LogP contribution >= 0.6 is 45.2 Å². The molecule has 0 aliphatic rings. The molecule has 0 aliphatic carbocycles. The van der Waals surface area contributed by atoms with Crippen molar-refractivity contribution >= 4 is 52.9 Å². The van der Waals surface area contributed by atoms with Crippen LogP contribution in [0.25, 0.3) is 0 Å². The minimum atomic E-state index is 0.593. The van der Waals surface area contributed by atoms with Gasteiger partial charge >= 0.3 is 7.69 Å². The Morgan fingerprint density at radius 1 is 0.630 bits per heavy atom. The highest BCUT2D eigenvalue weighted by molar-refractivity contribution is 14.1. The van der Waals surface area contributed by atoms with Crippen LogP contribution in [0, 0.1) is 21.0 Å². The van der Waals surface area contributed by atoms with Gasteiger partial charge in [0.05, 0.1) is 35.6 Å². The standard InChI is InChI=1S/C18H20BI2O6/c1-9-15(20)11(7-13(22-3)17(9)24-5)26-19-27-12-8-14(23-4)18(25-6)10(2)16(12)21/h7-8H,1-6H3. The van der Waals surface area contributed by atoms with Crippen LogP contribution in [0.15, 0.2) is 12.1 Å². The lowest BCUT2D eigenvalue weighted by Crippen LogP contribution is -2.13. The highest BCUT2D eigenvalue weighted by Gasteiger charge is 2.19. The SMILES string of the molecule is COc1cc(O[B]Oc2cc(OC)c(OC)c(C)c2I)c(I)c(C)c1OC. The number of halogens is 2. The van der Waals surface area contributed by atoms with Gasteiger partial charge in [-0.15, -0.1) is 0 Å². The van der Waals surface area contributed by atoms with E-state index >= 15 is 0 Å². The normalized spacial score (nSPS) is 10.2. The third-order valence-corrected chi connectivity index (χ3v) is 6.62. The van der Waals surface area contributed by atoms with E-state index in [1.165, 1.54) is 7.69 Å². The predicted octanol–water partition coefficient (Wildman–Crippen LogP) is 4.54. The summed E-state index contributed by atoms with van der Waals surface area (Å²) < 4.78 is 34.8. The van der Waals surface area contributed by atoms with Crippen LogP contribution in [0.3, 0.4) is 0 Å². The summed E-state index contributed by atoms with van der Waals surface area (Å²) in [5.41, 5.74) is 1.86. The molecule has 6 nitrogen and oxygen atoms in total. The average Bonchev–Trinajstić information content (AvgIpc) is 2.67. The van der Waals surface area contributed by atoms with Gasteiger partial charge < -0.3 is 28.3 Å². The minimum absolute atomic E-state index is 0.593. The Balaban J connectivity index is 2.22. The van der Waals surface area contributed by atoms with Crippen LogP contribution < -0.4 is 28.3 Å². The third kappa shape index (κ3) is 4.61. The molecule has 27 heavy (non-hydrogen) atoms. The van der Waals surface area contributed by atoms with Gasteiger partial charge in [0.1, 0.15) is 11.5 Å². The molecule has 0 heterocycles. The highest BCUT2D eigenvalue weighted by Crippen LogP contribution is 2.41. The maximum absolute atomic E-state index is 5.72. The van der Waals surface area contributed by atoms with Crippen LogP contribution in [0.1, 0.15) is 11.1 Å². The average molecular weight is 597 g/mol. The molecule has 0 saturated heterocycles. The van der Waals surface area contributed by atoms with Crippen LogP contribution in [-0.2, 0) is 0 Å². The van der Waals surface area contributed by atoms with E-state index in [0.717, 1.165) is 18.3 Å². The molecule has 0 aromatic heterocycles. The Hall–Kier alpha value is -1.24. The van der Waals surface area contributed by atoms with Crippen molar-refractivity contribution in [3.63, 3.8) is 0 Å². The molecular weight excluding hydrogens is 577 g/mol. The van der Waals surface area contributed by atoms with E-state index in [-0.39, 0.29) is 0 Å². The fourth-order valence-electron chi connectivity index (χ4n) is 2.54. The Labute approximate surface area is 187 Å². The molecule has 2 aromatic rings. The van der Waals surface area contributed by atoms with Gasteiger partial charge in [-0.1, -0.05) is 0 Å². The first-order valence-electron chi connectivity index (χ1n) is 7.86. The van der Waals surface area contributed by atoms with Crippen molar-refractivity contribution in [3.05, 3.63) is 30.4 Å². The highest BCUT2D eigenvalue weighted by atomic mass is 127. The maximum atomic E-state index is 5.72. The lowest BCUT2D eigenvalue weighted by molar-refractivity contribution is 0.348. The molecule has 0 fully saturated rings. The molecule has 0 bridgehead atoms. The Bertz CT molecular complexity index is 761. The first kappa shape index (κ1) is 22.1. The first-order chi connectivity index (χ1) is 12.9. The lowest BCUT2D eigenvalue weighted by Gasteiger charge is -2.17. The molecule has 0 aliphatic heterocycles. The fourth-order valence-corrected chi connectivity index (χ4v) is 3.60. The molecule has 2 aromatic carbocycles. The smallest absolute Gasteiger partial charge is 0.525 e. The molecule has 1 radical (unpaired) electrons. The minimum Gasteiger partial charge on any atom is -0.525 e. The zero-order chi connectivity index (χ0) is 20.1. The van der Waals surface area contributed by atoms with Crippen LogP contribution in [0.2, 0.25) is 0 Å². The molecule has 0 amide bonds. The number of rotatable bonds is 8. The summed E-state index contributed by atoms with van der Waals surface area (Å²) in [6.45, 7) is 3.88. The number of methoxy groups -OCH3 is 4. The molecular formula is C18H20BI2O6. The molecule has 0 N–H and O–H groups in total. The van der Waals surface area contributed by atoms with Gasteiger partial charge in [0.2, 0.25) is 0 Å². The summed E-state index contributed by atoms with van der Waals surface area (Å²) in [6.07, 6.45) is 0. The van der Waals surface area contributed by atoms with Gasteiger partial charge in [-0.2, -0.15) is 0 Å². The van der Waals surface area contributed by atoms with Crippen molar-refractivity contribution < 1.29 is 28.3 Å². The predicted molar refractivity (Wildman–Crippen MR) is 121 cm³/mol. The van der Waals surface area contributed by atoms with E-state index in [1.54, 1.807) is 40.6 Å². The number of ether oxygens (including phenoxy) is 4. The largest absolute Gasteiger partial charge is 0.658 e. The van der Waals surface area contributed by atoms with Crippen LogP contribution in [0.4, 0.5) is 0 Å². The third-order valence-electron chi connectivity index (χ3n) is 3.94. The van der Waals surface area contributed by atoms with Crippen molar-refractivity contribution in [3.8, 4) is 34.5 Å². The molecule has 0 unspecified atom stereocenters. The van der Waals surface area contributed by atoms with Gasteiger partial charge in [-0.3, -0.25) is 0 Å². The monoisotopic (exact) mass is 597 g/mol. The fraction of sp³-hybridized carbons (Fsp3) is 0.333. The maximum Gasteiger partial charge on any atom is 0.658 e. The van der Waals surface area contributed by atoms with Crippen LogP contribution in [-0.4, -0.2) is 36.1 Å². The number of hydrogen-bond donors (Lipinski definition) is 0. The molecule has 145 valence electrons. The zero-order valence-corrected chi connectivity index (χ0v) is 20.3. The molecule has 0 spiro atoms. The first-order valence-corrected chi connectivity index (χ1v) is 10.0. The molecule has 0 saturated carbocycles. The van der Waals surface area contributed by atoms with Gasteiger partial charge in [0.25, 0.3) is 0 Å². The topological polar surface area (TPSA) is 55.4 Å². The van der Waals surface area contributed by atoms with Crippen molar-refractivity contribution in [2.75, 3.05) is 28.4 Å². The second-order valence-corrected chi connectivity index (χ2v) is 7.59. The van der Waals surface area contributed by atoms with E-state index in [1.807, 2.05) is 13.8 Å². The second kappa shape index (κ2) is 9.81.